The molecule has 1 fully saturated rings. The van der Waals surface area contributed by atoms with Crippen LogP contribution in [-0.4, -0.2) is 36.2 Å². The van der Waals surface area contributed by atoms with Gasteiger partial charge in [0.15, 0.2) is 0 Å². The first-order valence-corrected chi connectivity index (χ1v) is 7.49. The Morgan fingerprint density at radius 2 is 1.89 bits per heavy atom. The predicted octanol–water partition coefficient (Wildman–Crippen LogP) is 3.15. The highest BCUT2D eigenvalue weighted by atomic mass is 16.6. The number of nitrogens with two attached hydrogens (primary N) is 1. The van der Waals surface area contributed by atoms with E-state index >= 15 is 0 Å². The molecule has 4 nitrogen and oxygen atoms in total. The summed E-state index contributed by atoms with van der Waals surface area (Å²) in [6.07, 6.45) is 7.28. The molecule has 0 aromatic heterocycles. The van der Waals surface area contributed by atoms with Crippen LogP contribution < -0.4 is 5.73 Å². The molecule has 0 aliphatic heterocycles. The number of amides is 1. The van der Waals surface area contributed by atoms with Crippen molar-refractivity contribution in [2.75, 3.05) is 13.6 Å². The summed E-state index contributed by atoms with van der Waals surface area (Å²) in [5, 5.41) is 0. The van der Waals surface area contributed by atoms with E-state index in [0.29, 0.717) is 12.5 Å². The van der Waals surface area contributed by atoms with Crippen molar-refractivity contribution in [1.82, 2.24) is 4.90 Å². The lowest BCUT2D eigenvalue weighted by atomic mass is 9.84. The van der Waals surface area contributed by atoms with E-state index in [1.807, 2.05) is 20.8 Å². The first-order valence-electron chi connectivity index (χ1n) is 7.49. The third kappa shape index (κ3) is 5.81. The van der Waals surface area contributed by atoms with Gasteiger partial charge < -0.3 is 15.4 Å². The number of ether oxygens (including phenoxy) is 1. The van der Waals surface area contributed by atoms with Gasteiger partial charge >= 0.3 is 6.09 Å². The zero-order valence-electron chi connectivity index (χ0n) is 12.9. The van der Waals surface area contributed by atoms with Crippen LogP contribution in [0.2, 0.25) is 0 Å². The van der Waals surface area contributed by atoms with Crippen LogP contribution in [0.3, 0.4) is 0 Å². The molecule has 0 unspecified atom stereocenters. The molecule has 1 saturated carbocycles. The average molecular weight is 270 g/mol. The Balaban J connectivity index is 2.50. The van der Waals surface area contributed by atoms with Gasteiger partial charge in [0.05, 0.1) is 0 Å². The Kier molecular flexibility index (Phi) is 6.11. The molecule has 0 aromatic carbocycles. The van der Waals surface area contributed by atoms with Crippen molar-refractivity contribution < 1.29 is 9.53 Å². The van der Waals surface area contributed by atoms with Gasteiger partial charge in [-0.15, -0.1) is 0 Å². The lowest BCUT2D eigenvalue weighted by Crippen LogP contribution is -2.45. The molecular formula is C15H30N2O2. The van der Waals surface area contributed by atoms with Crippen molar-refractivity contribution >= 4 is 6.09 Å². The fourth-order valence-electron chi connectivity index (χ4n) is 2.70. The lowest BCUT2D eigenvalue weighted by Gasteiger charge is -2.33. The van der Waals surface area contributed by atoms with Gasteiger partial charge in [-0.25, -0.2) is 4.79 Å². The maximum atomic E-state index is 12.0. The number of rotatable bonds is 4. The molecule has 0 saturated heterocycles. The number of hydrogen-bond acceptors (Lipinski definition) is 3. The molecule has 1 rings (SSSR count). The van der Waals surface area contributed by atoms with Gasteiger partial charge in [-0.05, 0) is 33.1 Å². The van der Waals surface area contributed by atoms with Crippen LogP contribution in [-0.2, 0) is 4.74 Å². The molecule has 112 valence electrons. The van der Waals surface area contributed by atoms with E-state index < -0.39 is 5.60 Å². The fraction of sp³-hybridized carbons (Fsp3) is 0.933. The second-order valence-corrected chi connectivity index (χ2v) is 6.72. The molecule has 0 bridgehead atoms. The van der Waals surface area contributed by atoms with Gasteiger partial charge in [-0.2, -0.15) is 0 Å². The number of carbonyl (C=O) groups excluding carboxylic acids is 1. The zero-order chi connectivity index (χ0) is 14.5. The van der Waals surface area contributed by atoms with E-state index in [9.17, 15) is 4.79 Å². The van der Waals surface area contributed by atoms with E-state index in [1.165, 1.54) is 32.1 Å². The van der Waals surface area contributed by atoms with Gasteiger partial charge in [0.1, 0.15) is 5.60 Å². The van der Waals surface area contributed by atoms with E-state index in [-0.39, 0.29) is 12.1 Å². The minimum absolute atomic E-state index is 0.0953. The maximum Gasteiger partial charge on any atom is 0.410 e. The smallest absolute Gasteiger partial charge is 0.410 e. The van der Waals surface area contributed by atoms with Crippen molar-refractivity contribution in [1.29, 1.82) is 0 Å². The van der Waals surface area contributed by atoms with Crippen LogP contribution in [0.5, 0.6) is 0 Å². The van der Waals surface area contributed by atoms with Crippen LogP contribution in [0.25, 0.3) is 0 Å². The molecule has 4 heteroatoms. The van der Waals surface area contributed by atoms with Crippen LogP contribution in [0.1, 0.15) is 59.3 Å². The lowest BCUT2D eigenvalue weighted by molar-refractivity contribution is 0.0202. The van der Waals surface area contributed by atoms with Crippen molar-refractivity contribution in [3.05, 3.63) is 0 Å². The maximum absolute atomic E-state index is 12.0. The minimum Gasteiger partial charge on any atom is -0.444 e. The Hall–Kier alpha value is -0.770. The minimum atomic E-state index is -0.449. The Labute approximate surface area is 117 Å². The van der Waals surface area contributed by atoms with Crippen molar-refractivity contribution in [2.24, 2.45) is 11.7 Å². The molecular weight excluding hydrogens is 240 g/mol. The quantitative estimate of drug-likeness (QED) is 0.853. The summed E-state index contributed by atoms with van der Waals surface area (Å²) in [4.78, 5) is 13.7. The fourth-order valence-corrected chi connectivity index (χ4v) is 2.70. The third-order valence-corrected chi connectivity index (χ3v) is 3.83. The van der Waals surface area contributed by atoms with E-state index in [1.54, 1.807) is 11.9 Å². The van der Waals surface area contributed by atoms with Crippen LogP contribution in [0, 0.1) is 5.92 Å². The van der Waals surface area contributed by atoms with Gasteiger partial charge in [-0.3, -0.25) is 0 Å². The largest absolute Gasteiger partial charge is 0.444 e. The molecule has 2 N–H and O–H groups in total. The molecule has 19 heavy (non-hydrogen) atoms. The molecule has 1 aliphatic carbocycles. The molecule has 0 heterocycles. The highest BCUT2D eigenvalue weighted by Crippen LogP contribution is 2.28. The van der Waals surface area contributed by atoms with Crippen molar-refractivity contribution in [3.8, 4) is 0 Å². The number of hydrogen-bond donors (Lipinski definition) is 1. The molecule has 1 atom stereocenters. The Morgan fingerprint density at radius 3 is 2.37 bits per heavy atom. The van der Waals surface area contributed by atoms with Crippen LogP contribution >= 0.6 is 0 Å². The molecule has 1 amide bonds. The molecule has 0 radical (unpaired) electrons. The summed E-state index contributed by atoms with van der Waals surface area (Å²) in [7, 11) is 1.80. The third-order valence-electron chi connectivity index (χ3n) is 3.83. The molecule has 0 spiro atoms. The molecule has 0 aromatic rings. The van der Waals surface area contributed by atoms with Crippen LogP contribution in [0.4, 0.5) is 4.79 Å². The topological polar surface area (TPSA) is 55.6 Å². The van der Waals surface area contributed by atoms with E-state index in [0.717, 1.165) is 6.42 Å². The summed E-state index contributed by atoms with van der Waals surface area (Å²) in [5.74, 6) is 0.715. The second-order valence-electron chi connectivity index (χ2n) is 6.72. The van der Waals surface area contributed by atoms with Crippen molar-refractivity contribution in [2.45, 2.75) is 70.9 Å². The SMILES string of the molecule is CN(C(=O)OC(C)(C)C)[C@H](CN)CC1CCCCC1. The zero-order valence-corrected chi connectivity index (χ0v) is 12.9. The Bertz CT molecular complexity index is 280. The number of carbonyl (C=O) groups is 1. The van der Waals surface area contributed by atoms with E-state index in [2.05, 4.69) is 0 Å². The van der Waals surface area contributed by atoms with Gasteiger partial charge in [-0.1, -0.05) is 32.1 Å². The summed E-state index contributed by atoms with van der Waals surface area (Å²) in [6, 6.07) is 0.0953. The van der Waals surface area contributed by atoms with Crippen LogP contribution in [0.15, 0.2) is 0 Å². The van der Waals surface area contributed by atoms with Gasteiger partial charge in [0.2, 0.25) is 0 Å². The second kappa shape index (κ2) is 7.13. The highest BCUT2D eigenvalue weighted by Gasteiger charge is 2.27. The summed E-state index contributed by atoms with van der Waals surface area (Å²) in [5.41, 5.74) is 5.39. The van der Waals surface area contributed by atoms with Gasteiger partial charge in [0, 0.05) is 19.6 Å². The summed E-state index contributed by atoms with van der Waals surface area (Å²) in [6.45, 7) is 6.16. The first kappa shape index (κ1) is 16.3. The molecule has 1 aliphatic rings. The monoisotopic (exact) mass is 270 g/mol. The summed E-state index contributed by atoms with van der Waals surface area (Å²) < 4.78 is 5.40. The number of likely N-dealkylation sites (N-methyl/N-ethyl adjacent to an activating group) is 1. The highest BCUT2D eigenvalue weighted by molar-refractivity contribution is 5.68. The average Bonchev–Trinajstić information content (AvgIpc) is 2.34. The van der Waals surface area contributed by atoms with E-state index in [4.69, 9.17) is 10.5 Å². The van der Waals surface area contributed by atoms with Crippen molar-refractivity contribution in [3.63, 3.8) is 0 Å². The summed E-state index contributed by atoms with van der Waals surface area (Å²) >= 11 is 0. The number of nitrogens with zero attached hydrogens (tertiary/aromatic N) is 1. The first-order chi connectivity index (χ1) is 8.83. The normalized spacial score (nSPS) is 19.0. The standard InChI is InChI=1S/C15H30N2O2/c1-15(2,3)19-14(18)17(4)13(11-16)10-12-8-6-5-7-9-12/h12-13H,5-11,16H2,1-4H3/t13-/m0/s1. The van der Waals surface area contributed by atoms with Gasteiger partial charge in [0.25, 0.3) is 0 Å². The Morgan fingerprint density at radius 1 is 1.32 bits per heavy atom. The predicted molar refractivity (Wildman–Crippen MR) is 78.0 cm³/mol.